The second-order valence-corrected chi connectivity index (χ2v) is 10.0. The van der Waals surface area contributed by atoms with Crippen LogP contribution in [0.4, 0.5) is 123 Å². The van der Waals surface area contributed by atoms with Crippen molar-refractivity contribution in [1.29, 1.82) is 0 Å². The quantitative estimate of drug-likeness (QED) is 0.152. The molecule has 0 radical (unpaired) electrons. The number of halogens is 28. The van der Waals surface area contributed by atoms with Crippen LogP contribution in [0.5, 0.6) is 0 Å². The van der Waals surface area contributed by atoms with Gasteiger partial charge < -0.3 is 10.2 Å². The Labute approximate surface area is 281 Å². The van der Waals surface area contributed by atoms with Gasteiger partial charge in [-0.05, 0) is 0 Å². The van der Waals surface area contributed by atoms with Gasteiger partial charge in [0.15, 0.2) is 0 Å². The van der Waals surface area contributed by atoms with Crippen LogP contribution in [0.2, 0.25) is 0 Å². The molecule has 0 spiro atoms. The number of hydrogen-bond donors (Lipinski definition) is 2. The van der Waals surface area contributed by atoms with Gasteiger partial charge in [0.2, 0.25) is 0 Å². The predicted molar refractivity (Wildman–Crippen MR) is 105 cm³/mol. The van der Waals surface area contributed by atoms with Crippen LogP contribution < -0.4 is 0 Å². The van der Waals surface area contributed by atoms with Gasteiger partial charge in [-0.15, -0.1) is 0 Å². The molecule has 3 atom stereocenters. The number of carbonyl (C=O) groups excluding carboxylic acids is 4. The average Bonchev–Trinajstić information content (AvgIpc) is 2.97. The molecule has 2 N–H and O–H groups in total. The third-order valence-electron chi connectivity index (χ3n) is 6.67. The van der Waals surface area contributed by atoms with Gasteiger partial charge in [-0.2, -0.15) is 101 Å². The summed E-state index contributed by atoms with van der Waals surface area (Å²) in [5.74, 6) is -74.1. The van der Waals surface area contributed by atoms with Crippen molar-refractivity contribution in [2.75, 3.05) is 0 Å². The number of rotatable bonds is 14. The minimum atomic E-state index is -9.51. The first-order valence-electron chi connectivity index (χ1n) is 11.7. The fraction of sp³-hybridized carbons (Fsp3) is 0.700. The predicted octanol–water partition coefficient (Wildman–Crippen LogP) is 6.33. The SMILES string of the molecule is O=C(O)C(F)(C(=O)O)C(F)(C(=O)C(F)(F)C(F)(C(=O)C(F)(F)C(F)(F)C(=O)C(F)(C(F)(F)F)C(F)(F)C(=O)C(F)(C(F)(F)F)C(F)(F)F)C(F)(F)F)C(F)(F)F. The second kappa shape index (κ2) is 13.1. The zero-order valence-electron chi connectivity index (χ0n) is 23.9. The number of carbonyl (C=O) groups is 6. The largest absolute Gasteiger partial charge is 0.478 e. The van der Waals surface area contributed by atoms with Crippen molar-refractivity contribution < 1.29 is 162 Å². The van der Waals surface area contributed by atoms with Crippen molar-refractivity contribution in [3.8, 4) is 0 Å². The van der Waals surface area contributed by atoms with E-state index in [9.17, 15) is 152 Å². The molecule has 0 heterocycles. The molecule has 0 aromatic carbocycles. The van der Waals surface area contributed by atoms with E-state index in [4.69, 9.17) is 10.2 Å². The molecule has 0 aromatic heterocycles. The molecular weight excluding hydrogens is 900 g/mol. The number of Topliss-reactive ketones (excluding diaryl/α,β-unsaturated/α-hetero) is 4. The van der Waals surface area contributed by atoms with E-state index in [1.807, 2.05) is 0 Å². The molecule has 56 heavy (non-hydrogen) atoms. The van der Waals surface area contributed by atoms with Gasteiger partial charge >= 0.3 is 94.9 Å². The Morgan fingerprint density at radius 1 is 0.250 bits per heavy atom. The first-order chi connectivity index (χ1) is 23.8. The van der Waals surface area contributed by atoms with Crippen LogP contribution in [0, 0.1) is 0 Å². The molecule has 0 aliphatic heterocycles. The van der Waals surface area contributed by atoms with E-state index >= 15 is 0 Å². The summed E-state index contributed by atoms with van der Waals surface area (Å²) in [5.41, 5.74) is -44.0. The molecule has 36 heteroatoms. The van der Waals surface area contributed by atoms with E-state index in [0.717, 1.165) is 0 Å². The highest BCUT2D eigenvalue weighted by Crippen LogP contribution is 2.60. The van der Waals surface area contributed by atoms with Gasteiger partial charge in [0.25, 0.3) is 23.1 Å². The Morgan fingerprint density at radius 3 is 0.571 bits per heavy atom. The number of aliphatic carboxylic acids is 2. The van der Waals surface area contributed by atoms with Crippen LogP contribution in [0.25, 0.3) is 0 Å². The fourth-order valence-corrected chi connectivity index (χ4v) is 3.65. The third kappa shape index (κ3) is 6.30. The Balaban J connectivity index is 8.41. The number of carboxylic acid groups (broad SMARTS) is 2. The molecule has 3 unspecified atom stereocenters. The summed E-state index contributed by atoms with van der Waals surface area (Å²) in [6.07, 6.45) is -43.8. The van der Waals surface area contributed by atoms with Crippen molar-refractivity contribution in [3.05, 3.63) is 0 Å². The molecule has 0 amide bonds. The van der Waals surface area contributed by atoms with Gasteiger partial charge in [0.1, 0.15) is 0 Å². The van der Waals surface area contributed by atoms with E-state index in [0.29, 0.717) is 0 Å². The zero-order valence-corrected chi connectivity index (χ0v) is 23.9. The van der Waals surface area contributed by atoms with Crippen LogP contribution in [0.3, 0.4) is 0 Å². The van der Waals surface area contributed by atoms with Crippen molar-refractivity contribution >= 4 is 35.1 Å². The summed E-state index contributed by atoms with van der Waals surface area (Å²) in [7, 11) is 0. The lowest BCUT2D eigenvalue weighted by molar-refractivity contribution is -0.341. The molecule has 0 rings (SSSR count). The Kier molecular flexibility index (Phi) is 12.1. The van der Waals surface area contributed by atoms with Crippen molar-refractivity contribution in [3.63, 3.8) is 0 Å². The standard InChI is InChI=1S/C20H2F28O8/c21-7(5(53)54,6(55)56)8(22,16(34,35)36)1(49)12(26,27)9(23,17(37,38)39)2(50)14(30,31)15(32,33)3(51)10(24,18(40,41)42)13(28,29)4(52)11(25,19(43,44)45)20(46,47)48/h(H,53,54)(H,55,56). The van der Waals surface area contributed by atoms with Gasteiger partial charge in [0, 0.05) is 0 Å². The maximum absolute atomic E-state index is 14.9. The van der Waals surface area contributed by atoms with Crippen LogP contribution in [0.15, 0.2) is 0 Å². The third-order valence-corrected chi connectivity index (χ3v) is 6.67. The molecule has 8 nitrogen and oxygen atoms in total. The molecule has 0 saturated heterocycles. The summed E-state index contributed by atoms with van der Waals surface area (Å²) in [6.45, 7) is 0. The average molecular weight is 902 g/mol. The molecule has 326 valence electrons. The Hall–Kier alpha value is -4.34. The first kappa shape index (κ1) is 51.7. The monoisotopic (exact) mass is 902 g/mol. The zero-order chi connectivity index (χ0) is 46.5. The summed E-state index contributed by atoms with van der Waals surface area (Å²) in [6, 6.07) is 0. The van der Waals surface area contributed by atoms with E-state index < -0.39 is 118 Å². The maximum Gasteiger partial charge on any atom is 0.439 e. The molecule has 0 saturated carbocycles. The van der Waals surface area contributed by atoms with Crippen LogP contribution in [-0.2, 0) is 28.8 Å². The topological polar surface area (TPSA) is 143 Å². The second-order valence-electron chi connectivity index (χ2n) is 10.0. The van der Waals surface area contributed by atoms with Gasteiger partial charge in [-0.1, -0.05) is 0 Å². The first-order valence-corrected chi connectivity index (χ1v) is 11.7. The van der Waals surface area contributed by atoms with Crippen molar-refractivity contribution in [2.45, 2.75) is 82.9 Å². The van der Waals surface area contributed by atoms with Crippen molar-refractivity contribution in [1.82, 2.24) is 0 Å². The van der Waals surface area contributed by atoms with Gasteiger partial charge in [-0.25, -0.2) is 31.5 Å². The highest BCUT2D eigenvalue weighted by molar-refractivity contribution is 6.15. The lowest BCUT2D eigenvalue weighted by Gasteiger charge is -2.41. The summed E-state index contributed by atoms with van der Waals surface area (Å²) < 4.78 is 383. The lowest BCUT2D eigenvalue weighted by Crippen LogP contribution is -2.79. The fourth-order valence-electron chi connectivity index (χ4n) is 3.65. The van der Waals surface area contributed by atoms with Crippen LogP contribution >= 0.6 is 0 Å². The van der Waals surface area contributed by atoms with Crippen molar-refractivity contribution in [2.24, 2.45) is 0 Å². The number of ketones is 4. The van der Waals surface area contributed by atoms with E-state index in [-0.39, 0.29) is 0 Å². The minimum Gasteiger partial charge on any atom is -0.478 e. The highest BCUT2D eigenvalue weighted by atomic mass is 19.4. The maximum atomic E-state index is 14.9. The van der Waals surface area contributed by atoms with Crippen LogP contribution in [0.1, 0.15) is 0 Å². The van der Waals surface area contributed by atoms with Gasteiger partial charge in [-0.3, -0.25) is 19.2 Å². The van der Waals surface area contributed by atoms with Crippen LogP contribution in [-0.4, -0.2) is 128 Å². The molecule has 0 aromatic rings. The van der Waals surface area contributed by atoms with E-state index in [1.54, 1.807) is 0 Å². The summed E-state index contributed by atoms with van der Waals surface area (Å²) >= 11 is 0. The number of carboxylic acids is 2. The number of hydrogen-bond acceptors (Lipinski definition) is 6. The smallest absolute Gasteiger partial charge is 0.439 e. The summed E-state index contributed by atoms with van der Waals surface area (Å²) in [4.78, 5) is 67.5. The Morgan fingerprint density at radius 2 is 0.411 bits per heavy atom. The van der Waals surface area contributed by atoms with E-state index in [2.05, 4.69) is 0 Å². The normalized spacial score (nSPS) is 18.3. The molecule has 0 fully saturated rings. The molecular formula is C20H2F28O8. The van der Waals surface area contributed by atoms with E-state index in [1.165, 1.54) is 0 Å². The minimum absolute atomic E-state index is 4.81. The molecule has 0 aliphatic carbocycles. The Bertz CT molecular complexity index is 1620. The molecule has 0 bridgehead atoms. The summed E-state index contributed by atoms with van der Waals surface area (Å²) in [5, 5.41) is 16.6. The molecule has 0 aliphatic rings. The lowest BCUT2D eigenvalue weighted by atomic mass is 9.73. The highest BCUT2D eigenvalue weighted by Gasteiger charge is 2.95. The van der Waals surface area contributed by atoms with Gasteiger partial charge in [0.05, 0.1) is 0 Å². The number of alkyl halides is 28.